The Labute approximate surface area is 414 Å². The Hall–Kier alpha value is -9.24. The molecule has 0 radical (unpaired) electrons. The Morgan fingerprint density at radius 2 is 0.620 bits per heavy atom. The van der Waals surface area contributed by atoms with Crippen LogP contribution in [0.3, 0.4) is 0 Å². The number of hydrogen-bond donors (Lipinski definition) is 0. The second kappa shape index (κ2) is 16.5. The second-order valence-electron chi connectivity index (χ2n) is 18.8. The van der Waals surface area contributed by atoms with E-state index in [-0.39, 0.29) is 0 Å². The predicted molar refractivity (Wildman–Crippen MR) is 298 cm³/mol. The Morgan fingerprint density at radius 1 is 0.211 bits per heavy atom. The first kappa shape index (κ1) is 40.8. The third-order valence-corrected chi connectivity index (χ3v) is 15.0. The van der Waals surface area contributed by atoms with Crippen LogP contribution in [0.5, 0.6) is 0 Å². The van der Waals surface area contributed by atoms with Crippen molar-refractivity contribution in [2.75, 3.05) is 9.80 Å². The molecule has 0 aromatic heterocycles. The molecule has 2 nitrogen and oxygen atoms in total. The normalized spacial score (nSPS) is 14.0. The minimum atomic E-state index is -0.600. The summed E-state index contributed by atoms with van der Waals surface area (Å²) in [5, 5.41) is 4.84. The molecule has 71 heavy (non-hydrogen) atoms. The molecule has 0 heterocycles. The van der Waals surface area contributed by atoms with Crippen molar-refractivity contribution in [1.82, 2.24) is 0 Å². The lowest BCUT2D eigenvalue weighted by molar-refractivity contribution is 0.793. The summed E-state index contributed by atoms with van der Waals surface area (Å²) >= 11 is 0. The molecular weight excluding hydrogens is 857 g/mol. The Bertz CT molecular complexity index is 3980. The fourth-order valence-corrected chi connectivity index (χ4v) is 11.9. The third-order valence-electron chi connectivity index (χ3n) is 15.0. The molecule has 1 unspecified atom stereocenters. The SMILES string of the molecule is c1ccc(-c2ccc(-c3cc4ccccc4cc3N(c3ccccc3)c3ccc4c(c3)C3(c5ccccc5-c5ccc(N(c6ccccc6)c6ccc7ccccc7c6)cc53)c3ccccc3-4)cc2)cc1. The second-order valence-corrected chi connectivity index (χ2v) is 18.8. The number of benzene rings is 12. The molecule has 0 N–H and O–H groups in total. The third kappa shape index (κ3) is 6.49. The van der Waals surface area contributed by atoms with E-state index < -0.39 is 5.41 Å². The highest BCUT2D eigenvalue weighted by Gasteiger charge is 2.52. The van der Waals surface area contributed by atoms with Gasteiger partial charge in [0.05, 0.1) is 11.1 Å². The summed E-state index contributed by atoms with van der Waals surface area (Å²) in [6.07, 6.45) is 0. The zero-order valence-electron chi connectivity index (χ0n) is 39.0. The first-order valence-corrected chi connectivity index (χ1v) is 24.6. The van der Waals surface area contributed by atoms with E-state index in [1.54, 1.807) is 0 Å². The van der Waals surface area contributed by atoms with Crippen LogP contribution in [0.15, 0.2) is 279 Å². The zero-order chi connectivity index (χ0) is 46.9. The number of hydrogen-bond acceptors (Lipinski definition) is 2. The van der Waals surface area contributed by atoms with Crippen LogP contribution in [-0.4, -0.2) is 0 Å². The summed E-state index contributed by atoms with van der Waals surface area (Å²) in [6.45, 7) is 0. The highest BCUT2D eigenvalue weighted by molar-refractivity contribution is 6.01. The minimum absolute atomic E-state index is 0.600. The lowest BCUT2D eigenvalue weighted by atomic mass is 9.70. The maximum atomic E-state index is 2.51. The van der Waals surface area contributed by atoms with Gasteiger partial charge >= 0.3 is 0 Å². The van der Waals surface area contributed by atoms with Gasteiger partial charge < -0.3 is 9.80 Å². The van der Waals surface area contributed by atoms with Crippen LogP contribution >= 0.6 is 0 Å². The van der Waals surface area contributed by atoms with Gasteiger partial charge in [-0.1, -0.05) is 206 Å². The summed E-state index contributed by atoms with van der Waals surface area (Å²) < 4.78 is 0. The molecule has 2 aliphatic carbocycles. The number of para-hydroxylation sites is 2. The summed E-state index contributed by atoms with van der Waals surface area (Å²) in [6, 6.07) is 103. The lowest BCUT2D eigenvalue weighted by Crippen LogP contribution is -2.26. The molecule has 0 aliphatic heterocycles. The van der Waals surface area contributed by atoms with E-state index in [0.29, 0.717) is 0 Å². The van der Waals surface area contributed by atoms with Crippen molar-refractivity contribution in [3.63, 3.8) is 0 Å². The molecule has 332 valence electrons. The smallest absolute Gasteiger partial charge is 0.0727 e. The van der Waals surface area contributed by atoms with Crippen molar-refractivity contribution in [2.24, 2.45) is 0 Å². The monoisotopic (exact) mass is 902 g/mol. The maximum absolute atomic E-state index is 2.51. The summed E-state index contributed by atoms with van der Waals surface area (Å²) in [5.74, 6) is 0. The first-order valence-electron chi connectivity index (χ1n) is 24.6. The van der Waals surface area contributed by atoms with Crippen molar-refractivity contribution < 1.29 is 0 Å². The molecule has 1 atom stereocenters. The molecule has 12 aromatic rings. The van der Waals surface area contributed by atoms with Gasteiger partial charge in [-0.05, 0) is 156 Å². The van der Waals surface area contributed by atoms with Crippen molar-refractivity contribution in [2.45, 2.75) is 5.41 Å². The van der Waals surface area contributed by atoms with Gasteiger partial charge in [-0.2, -0.15) is 0 Å². The van der Waals surface area contributed by atoms with Crippen LogP contribution < -0.4 is 9.80 Å². The van der Waals surface area contributed by atoms with Crippen molar-refractivity contribution in [1.29, 1.82) is 0 Å². The average molecular weight is 903 g/mol. The maximum Gasteiger partial charge on any atom is 0.0727 e. The molecule has 2 aliphatic rings. The van der Waals surface area contributed by atoms with Gasteiger partial charge in [-0.3, -0.25) is 0 Å². The van der Waals surface area contributed by atoms with Crippen LogP contribution in [0.25, 0.3) is 66.1 Å². The van der Waals surface area contributed by atoms with Gasteiger partial charge in [0.25, 0.3) is 0 Å². The largest absolute Gasteiger partial charge is 0.310 e. The quantitative estimate of drug-likeness (QED) is 0.150. The van der Waals surface area contributed by atoms with Gasteiger partial charge in [0.15, 0.2) is 0 Å². The molecule has 1 spiro atoms. The van der Waals surface area contributed by atoms with E-state index in [1.807, 2.05) is 0 Å². The highest BCUT2D eigenvalue weighted by atomic mass is 15.1. The predicted octanol–water partition coefficient (Wildman–Crippen LogP) is 18.6. The van der Waals surface area contributed by atoms with E-state index in [2.05, 4.69) is 289 Å². The lowest BCUT2D eigenvalue weighted by Gasteiger charge is -2.34. The van der Waals surface area contributed by atoms with Gasteiger partial charge in [-0.25, -0.2) is 0 Å². The molecule has 0 saturated heterocycles. The molecule has 0 fully saturated rings. The Kier molecular flexibility index (Phi) is 9.47. The van der Waals surface area contributed by atoms with Crippen LogP contribution in [0, 0.1) is 0 Å². The van der Waals surface area contributed by atoms with Gasteiger partial charge in [0, 0.05) is 34.0 Å². The van der Waals surface area contributed by atoms with E-state index in [4.69, 9.17) is 0 Å². The minimum Gasteiger partial charge on any atom is -0.310 e. The van der Waals surface area contributed by atoms with Gasteiger partial charge in [0.1, 0.15) is 0 Å². The Morgan fingerprint density at radius 3 is 1.23 bits per heavy atom. The van der Waals surface area contributed by atoms with Crippen molar-refractivity contribution in [3.05, 3.63) is 301 Å². The van der Waals surface area contributed by atoms with E-state index in [1.165, 1.54) is 82.7 Å². The molecular formula is C69H46N2. The van der Waals surface area contributed by atoms with Gasteiger partial charge in [0.2, 0.25) is 0 Å². The summed E-state index contributed by atoms with van der Waals surface area (Å²) in [5.41, 5.74) is 21.1. The highest BCUT2D eigenvalue weighted by Crippen LogP contribution is 2.64. The van der Waals surface area contributed by atoms with Crippen LogP contribution in [0.4, 0.5) is 34.1 Å². The molecule has 0 bridgehead atoms. The fraction of sp³-hybridized carbons (Fsp3) is 0.0145. The first-order chi connectivity index (χ1) is 35.2. The Balaban J connectivity index is 1.00. The molecule has 0 saturated carbocycles. The summed E-state index contributed by atoms with van der Waals surface area (Å²) in [4.78, 5) is 4.91. The number of nitrogens with zero attached hydrogens (tertiary/aromatic N) is 2. The van der Waals surface area contributed by atoms with Crippen LogP contribution in [-0.2, 0) is 5.41 Å². The molecule has 2 heteroatoms. The van der Waals surface area contributed by atoms with E-state index >= 15 is 0 Å². The number of fused-ring (bicyclic) bond motifs is 12. The number of rotatable bonds is 8. The van der Waals surface area contributed by atoms with Crippen LogP contribution in [0.2, 0.25) is 0 Å². The van der Waals surface area contributed by atoms with E-state index in [9.17, 15) is 0 Å². The van der Waals surface area contributed by atoms with Gasteiger partial charge in [-0.15, -0.1) is 0 Å². The average Bonchev–Trinajstić information content (AvgIpc) is 3.91. The zero-order valence-corrected chi connectivity index (χ0v) is 39.0. The summed E-state index contributed by atoms with van der Waals surface area (Å²) in [7, 11) is 0. The number of anilines is 6. The van der Waals surface area contributed by atoms with E-state index in [0.717, 1.165) is 39.7 Å². The van der Waals surface area contributed by atoms with Crippen molar-refractivity contribution in [3.8, 4) is 44.5 Å². The fourth-order valence-electron chi connectivity index (χ4n) is 11.9. The molecule has 14 rings (SSSR count). The standard InChI is InChI=1S/C69H46N2/c1-4-18-47(19-5-1)49-32-34-50(35-33-49)63-43-52-22-12-13-23-53(52)44-68(63)71(55-26-8-3-9-27-55)58-39-41-62-60-29-15-17-31-65(60)69(67(62)46-58)64-30-16-14-28-59(64)61-40-38-57(45-66(61)69)70(54-24-6-2-7-25-54)56-37-36-48-20-10-11-21-51(48)42-56/h1-46H. The molecule has 0 amide bonds. The van der Waals surface area contributed by atoms with Crippen LogP contribution in [0.1, 0.15) is 22.3 Å². The molecule has 12 aromatic carbocycles. The van der Waals surface area contributed by atoms with Crippen molar-refractivity contribution >= 4 is 55.7 Å². The topological polar surface area (TPSA) is 6.48 Å².